The molecule has 3 heteroatoms. The second-order valence-electron chi connectivity index (χ2n) is 3.43. The number of hydrogen-bond donors (Lipinski definition) is 1. The molecule has 0 spiro atoms. The molecular formula is C11H19NOS. The maximum atomic E-state index is 5.64. The van der Waals surface area contributed by atoms with Crippen molar-refractivity contribution in [3.05, 3.63) is 23.7 Å². The second kappa shape index (κ2) is 6.14. The molecule has 0 aliphatic carbocycles. The summed E-state index contributed by atoms with van der Waals surface area (Å²) < 4.78 is 5.64. The van der Waals surface area contributed by atoms with Gasteiger partial charge < -0.3 is 9.73 Å². The van der Waals surface area contributed by atoms with Gasteiger partial charge in [0.25, 0.3) is 0 Å². The summed E-state index contributed by atoms with van der Waals surface area (Å²) >= 11 is 1.95. The van der Waals surface area contributed by atoms with Gasteiger partial charge in [0, 0.05) is 5.25 Å². The largest absolute Gasteiger partial charge is 0.464 e. The molecule has 1 aromatic rings. The van der Waals surface area contributed by atoms with Gasteiger partial charge >= 0.3 is 0 Å². The summed E-state index contributed by atoms with van der Waals surface area (Å²) in [6.07, 6.45) is 1.22. The molecule has 0 aromatic carbocycles. The highest BCUT2D eigenvalue weighted by molar-refractivity contribution is 7.99. The quantitative estimate of drug-likeness (QED) is 0.786. The number of thioether (sulfide) groups is 1. The molecule has 0 aliphatic heterocycles. The molecule has 0 fully saturated rings. The lowest BCUT2D eigenvalue weighted by molar-refractivity contribution is 0.468. The van der Waals surface area contributed by atoms with E-state index in [1.165, 1.54) is 6.42 Å². The Morgan fingerprint density at radius 3 is 2.79 bits per heavy atom. The summed E-state index contributed by atoms with van der Waals surface area (Å²) in [6.45, 7) is 5.28. The highest BCUT2D eigenvalue weighted by Gasteiger charge is 2.04. The molecule has 0 saturated heterocycles. The van der Waals surface area contributed by atoms with Crippen LogP contribution in [0.25, 0.3) is 0 Å². The minimum absolute atomic E-state index is 0.716. The highest BCUT2D eigenvalue weighted by Crippen LogP contribution is 2.21. The average molecular weight is 213 g/mol. The van der Waals surface area contributed by atoms with Crippen LogP contribution in [0.5, 0.6) is 0 Å². The molecule has 1 unspecified atom stereocenters. The van der Waals surface area contributed by atoms with Crippen LogP contribution >= 0.6 is 11.8 Å². The minimum Gasteiger partial charge on any atom is -0.464 e. The Bertz CT molecular complexity index is 260. The summed E-state index contributed by atoms with van der Waals surface area (Å²) in [6, 6.07) is 4.12. The van der Waals surface area contributed by atoms with Gasteiger partial charge in [-0.3, -0.25) is 0 Å². The first kappa shape index (κ1) is 11.7. The van der Waals surface area contributed by atoms with E-state index in [1.807, 2.05) is 24.9 Å². The van der Waals surface area contributed by atoms with Crippen molar-refractivity contribution >= 4 is 11.8 Å². The number of rotatable bonds is 6. The van der Waals surface area contributed by atoms with Crippen molar-refractivity contribution in [1.29, 1.82) is 0 Å². The van der Waals surface area contributed by atoms with Crippen LogP contribution in [0.3, 0.4) is 0 Å². The van der Waals surface area contributed by atoms with E-state index < -0.39 is 0 Å². The molecule has 1 aromatic heterocycles. The van der Waals surface area contributed by atoms with Crippen molar-refractivity contribution in [3.8, 4) is 0 Å². The first-order valence-corrected chi connectivity index (χ1v) is 6.15. The first-order valence-electron chi connectivity index (χ1n) is 5.10. The predicted molar refractivity (Wildman–Crippen MR) is 62.5 cm³/mol. The third kappa shape index (κ3) is 3.76. The van der Waals surface area contributed by atoms with E-state index in [4.69, 9.17) is 4.42 Å². The molecule has 0 bridgehead atoms. The second-order valence-corrected chi connectivity index (χ2v) is 4.85. The molecule has 0 radical (unpaired) electrons. The lowest BCUT2D eigenvalue weighted by Crippen LogP contribution is -2.03. The van der Waals surface area contributed by atoms with E-state index in [9.17, 15) is 0 Å². The fraction of sp³-hybridized carbons (Fsp3) is 0.636. The Hall–Kier alpha value is -0.410. The molecule has 0 amide bonds. The molecule has 1 N–H and O–H groups in total. The number of hydrogen-bond acceptors (Lipinski definition) is 3. The third-order valence-corrected chi connectivity index (χ3v) is 3.51. The van der Waals surface area contributed by atoms with E-state index in [0.29, 0.717) is 5.25 Å². The van der Waals surface area contributed by atoms with Gasteiger partial charge in [-0.1, -0.05) is 13.8 Å². The van der Waals surface area contributed by atoms with E-state index in [-0.39, 0.29) is 0 Å². The normalized spacial score (nSPS) is 13.1. The van der Waals surface area contributed by atoms with Crippen LogP contribution < -0.4 is 5.32 Å². The fourth-order valence-electron chi connectivity index (χ4n) is 1.11. The van der Waals surface area contributed by atoms with E-state index in [0.717, 1.165) is 23.8 Å². The van der Waals surface area contributed by atoms with Crippen LogP contribution in [0.1, 0.15) is 31.8 Å². The van der Waals surface area contributed by atoms with Gasteiger partial charge in [-0.05, 0) is 25.6 Å². The minimum atomic E-state index is 0.716. The molecule has 14 heavy (non-hydrogen) atoms. The zero-order valence-electron chi connectivity index (χ0n) is 9.17. The highest BCUT2D eigenvalue weighted by atomic mass is 32.2. The Balaban J connectivity index is 2.35. The summed E-state index contributed by atoms with van der Waals surface area (Å²) in [4.78, 5) is 0. The van der Waals surface area contributed by atoms with E-state index in [2.05, 4.69) is 25.2 Å². The van der Waals surface area contributed by atoms with Crippen molar-refractivity contribution < 1.29 is 4.42 Å². The van der Waals surface area contributed by atoms with Gasteiger partial charge in [-0.25, -0.2) is 0 Å². The zero-order chi connectivity index (χ0) is 10.4. The molecule has 1 rings (SSSR count). The summed E-state index contributed by atoms with van der Waals surface area (Å²) in [7, 11) is 1.93. The number of nitrogens with one attached hydrogen (secondary N) is 1. The Morgan fingerprint density at radius 2 is 2.14 bits per heavy atom. The Labute approximate surface area is 90.5 Å². The van der Waals surface area contributed by atoms with Crippen molar-refractivity contribution in [2.24, 2.45) is 0 Å². The molecule has 80 valence electrons. The van der Waals surface area contributed by atoms with Crippen LogP contribution in [0.2, 0.25) is 0 Å². The Kier molecular flexibility index (Phi) is 5.12. The average Bonchev–Trinajstić information content (AvgIpc) is 2.63. The van der Waals surface area contributed by atoms with Crippen molar-refractivity contribution in [3.63, 3.8) is 0 Å². The van der Waals surface area contributed by atoms with Crippen molar-refractivity contribution in [2.75, 3.05) is 7.05 Å². The van der Waals surface area contributed by atoms with Crippen LogP contribution in [0.15, 0.2) is 16.5 Å². The summed E-state index contributed by atoms with van der Waals surface area (Å²) in [5, 5.41) is 3.79. The third-order valence-electron chi connectivity index (χ3n) is 2.15. The SMILES string of the molecule is CCC(C)SCc1ccc(CNC)o1. The van der Waals surface area contributed by atoms with Gasteiger partial charge in [0.15, 0.2) is 0 Å². The van der Waals surface area contributed by atoms with Crippen LogP contribution in [0, 0.1) is 0 Å². The zero-order valence-corrected chi connectivity index (χ0v) is 9.99. The molecule has 0 aliphatic rings. The van der Waals surface area contributed by atoms with Crippen molar-refractivity contribution in [2.45, 2.75) is 37.8 Å². The van der Waals surface area contributed by atoms with Gasteiger partial charge in [0.1, 0.15) is 11.5 Å². The fourth-order valence-corrected chi connectivity index (χ4v) is 1.95. The van der Waals surface area contributed by atoms with Gasteiger partial charge in [0.2, 0.25) is 0 Å². The van der Waals surface area contributed by atoms with Gasteiger partial charge in [0.05, 0.1) is 12.3 Å². The molecule has 2 nitrogen and oxygen atoms in total. The monoisotopic (exact) mass is 213 g/mol. The van der Waals surface area contributed by atoms with Crippen LogP contribution in [-0.4, -0.2) is 12.3 Å². The van der Waals surface area contributed by atoms with Gasteiger partial charge in [-0.15, -0.1) is 0 Å². The lowest BCUT2D eigenvalue weighted by atomic mass is 10.4. The standard InChI is InChI=1S/C11H19NOS/c1-4-9(2)14-8-11-6-5-10(13-11)7-12-3/h5-6,9,12H,4,7-8H2,1-3H3. The molecule has 1 heterocycles. The summed E-state index contributed by atoms with van der Waals surface area (Å²) in [5.41, 5.74) is 0. The first-order chi connectivity index (χ1) is 6.76. The number of furan rings is 1. The summed E-state index contributed by atoms with van der Waals surface area (Å²) in [5.74, 6) is 3.09. The van der Waals surface area contributed by atoms with Gasteiger partial charge in [-0.2, -0.15) is 11.8 Å². The molecule has 1 atom stereocenters. The predicted octanol–water partition coefficient (Wildman–Crippen LogP) is 3.03. The molecule has 0 saturated carbocycles. The van der Waals surface area contributed by atoms with E-state index >= 15 is 0 Å². The molecular weight excluding hydrogens is 194 g/mol. The van der Waals surface area contributed by atoms with E-state index in [1.54, 1.807) is 0 Å². The lowest BCUT2D eigenvalue weighted by Gasteiger charge is -2.05. The Morgan fingerprint density at radius 1 is 1.43 bits per heavy atom. The maximum absolute atomic E-state index is 5.64. The van der Waals surface area contributed by atoms with Crippen LogP contribution in [0.4, 0.5) is 0 Å². The smallest absolute Gasteiger partial charge is 0.117 e. The maximum Gasteiger partial charge on any atom is 0.117 e. The topological polar surface area (TPSA) is 25.2 Å². The van der Waals surface area contributed by atoms with Crippen LogP contribution in [-0.2, 0) is 12.3 Å². The van der Waals surface area contributed by atoms with Crippen molar-refractivity contribution in [1.82, 2.24) is 5.32 Å².